The standard InChI is InChI=1S/C22H27N3O/c26-22(19-8-4-5-9-19)25-15-12-20(16-25)24-21(17-6-2-1-3-7-17)18-10-13-23-14-11-18/h1-3,6-7,10-11,13-14,19-21,24H,4-5,8-9,12,15-16H2/t20-,21+/m1/s1. The number of aromatic nitrogens is 1. The average molecular weight is 349 g/mol. The van der Waals surface area contributed by atoms with Crippen molar-refractivity contribution in [3.63, 3.8) is 0 Å². The number of hydrogen-bond acceptors (Lipinski definition) is 3. The summed E-state index contributed by atoms with van der Waals surface area (Å²) >= 11 is 0. The van der Waals surface area contributed by atoms with E-state index in [1.54, 1.807) is 0 Å². The van der Waals surface area contributed by atoms with Gasteiger partial charge in [-0.3, -0.25) is 9.78 Å². The highest BCUT2D eigenvalue weighted by molar-refractivity contribution is 5.79. The molecule has 2 aromatic rings. The maximum Gasteiger partial charge on any atom is 0.225 e. The summed E-state index contributed by atoms with van der Waals surface area (Å²) in [6.45, 7) is 1.70. The van der Waals surface area contributed by atoms with Gasteiger partial charge in [0.1, 0.15) is 0 Å². The van der Waals surface area contributed by atoms with Gasteiger partial charge in [-0.05, 0) is 42.5 Å². The zero-order valence-electron chi connectivity index (χ0n) is 15.2. The molecule has 4 heteroatoms. The summed E-state index contributed by atoms with van der Waals surface area (Å²) in [5.41, 5.74) is 2.46. The first-order valence-corrected chi connectivity index (χ1v) is 9.81. The fraction of sp³-hybridized carbons (Fsp3) is 0.455. The second-order valence-corrected chi connectivity index (χ2v) is 7.54. The molecule has 26 heavy (non-hydrogen) atoms. The van der Waals surface area contributed by atoms with E-state index in [0.717, 1.165) is 32.4 Å². The lowest BCUT2D eigenvalue weighted by Gasteiger charge is -2.25. The first-order chi connectivity index (χ1) is 12.8. The third-order valence-corrected chi connectivity index (χ3v) is 5.78. The maximum absolute atomic E-state index is 12.7. The van der Waals surface area contributed by atoms with Crippen LogP contribution in [0.1, 0.15) is 49.3 Å². The Kier molecular flexibility index (Phi) is 5.30. The lowest BCUT2D eigenvalue weighted by molar-refractivity contribution is -0.134. The molecule has 1 N–H and O–H groups in total. The van der Waals surface area contributed by atoms with Gasteiger partial charge < -0.3 is 10.2 Å². The minimum atomic E-state index is 0.130. The van der Waals surface area contributed by atoms with Crippen LogP contribution in [0.25, 0.3) is 0 Å². The van der Waals surface area contributed by atoms with Crippen LogP contribution in [0, 0.1) is 5.92 Å². The minimum Gasteiger partial charge on any atom is -0.341 e. The first-order valence-electron chi connectivity index (χ1n) is 9.81. The van der Waals surface area contributed by atoms with Gasteiger partial charge >= 0.3 is 0 Å². The van der Waals surface area contributed by atoms with Crippen molar-refractivity contribution in [1.82, 2.24) is 15.2 Å². The van der Waals surface area contributed by atoms with E-state index in [1.165, 1.54) is 24.0 Å². The second-order valence-electron chi connectivity index (χ2n) is 7.54. The average Bonchev–Trinajstić information content (AvgIpc) is 3.39. The van der Waals surface area contributed by atoms with Gasteiger partial charge in [-0.15, -0.1) is 0 Å². The predicted molar refractivity (Wildman–Crippen MR) is 103 cm³/mol. The van der Waals surface area contributed by atoms with E-state index in [4.69, 9.17) is 0 Å². The molecule has 1 aliphatic heterocycles. The summed E-state index contributed by atoms with van der Waals surface area (Å²) < 4.78 is 0. The SMILES string of the molecule is O=C(C1CCCC1)N1CC[C@@H](N[C@@H](c2ccccc2)c2ccncc2)C1. The largest absolute Gasteiger partial charge is 0.341 e. The van der Waals surface area contributed by atoms with Crippen molar-refractivity contribution < 1.29 is 4.79 Å². The van der Waals surface area contributed by atoms with Gasteiger partial charge in [0.2, 0.25) is 5.91 Å². The van der Waals surface area contributed by atoms with E-state index in [-0.39, 0.29) is 12.0 Å². The van der Waals surface area contributed by atoms with Crippen molar-refractivity contribution in [1.29, 1.82) is 0 Å². The minimum absolute atomic E-state index is 0.130. The Balaban J connectivity index is 1.46. The number of amides is 1. The van der Waals surface area contributed by atoms with E-state index in [0.29, 0.717) is 11.9 Å². The van der Waals surface area contributed by atoms with Gasteiger partial charge in [0.15, 0.2) is 0 Å². The van der Waals surface area contributed by atoms with Crippen LogP contribution in [0.15, 0.2) is 54.9 Å². The van der Waals surface area contributed by atoms with Crippen LogP contribution >= 0.6 is 0 Å². The topological polar surface area (TPSA) is 45.2 Å². The van der Waals surface area contributed by atoms with Crippen LogP contribution in [-0.4, -0.2) is 34.9 Å². The molecule has 2 aliphatic rings. The fourth-order valence-electron chi connectivity index (χ4n) is 4.35. The smallest absolute Gasteiger partial charge is 0.225 e. The summed E-state index contributed by atoms with van der Waals surface area (Å²) in [6.07, 6.45) is 9.30. The van der Waals surface area contributed by atoms with Crippen molar-refractivity contribution in [2.75, 3.05) is 13.1 Å². The summed E-state index contributed by atoms with van der Waals surface area (Å²) in [5.74, 6) is 0.658. The number of rotatable bonds is 5. The van der Waals surface area contributed by atoms with E-state index >= 15 is 0 Å². The van der Waals surface area contributed by atoms with Crippen LogP contribution < -0.4 is 5.32 Å². The number of benzene rings is 1. The lowest BCUT2D eigenvalue weighted by atomic mass is 9.98. The van der Waals surface area contributed by atoms with Crippen molar-refractivity contribution in [3.05, 3.63) is 66.0 Å². The summed E-state index contributed by atoms with van der Waals surface area (Å²) in [5, 5.41) is 3.80. The Labute approximate surface area is 155 Å². The molecule has 0 bridgehead atoms. The van der Waals surface area contributed by atoms with Gasteiger partial charge in [0, 0.05) is 37.4 Å². The second kappa shape index (κ2) is 8.00. The normalized spacial score (nSPS) is 21.8. The Hall–Kier alpha value is -2.20. The van der Waals surface area contributed by atoms with Gasteiger partial charge in [-0.2, -0.15) is 0 Å². The molecule has 1 aromatic carbocycles. The quantitative estimate of drug-likeness (QED) is 0.898. The molecule has 1 amide bonds. The van der Waals surface area contributed by atoms with Crippen molar-refractivity contribution in [3.8, 4) is 0 Å². The number of likely N-dealkylation sites (tertiary alicyclic amines) is 1. The van der Waals surface area contributed by atoms with Crippen LogP contribution in [0.4, 0.5) is 0 Å². The van der Waals surface area contributed by atoms with E-state index in [2.05, 4.69) is 51.6 Å². The number of hydrogen-bond donors (Lipinski definition) is 1. The third-order valence-electron chi connectivity index (χ3n) is 5.78. The van der Waals surface area contributed by atoms with E-state index in [9.17, 15) is 4.79 Å². The Morgan fingerprint density at radius 1 is 1.00 bits per heavy atom. The third kappa shape index (κ3) is 3.80. The van der Waals surface area contributed by atoms with Crippen molar-refractivity contribution in [2.24, 2.45) is 5.92 Å². The van der Waals surface area contributed by atoms with E-state index in [1.807, 2.05) is 18.5 Å². The van der Waals surface area contributed by atoms with Crippen molar-refractivity contribution >= 4 is 5.91 Å². The molecule has 2 atom stereocenters. The zero-order chi connectivity index (χ0) is 17.8. The van der Waals surface area contributed by atoms with Crippen molar-refractivity contribution in [2.45, 2.75) is 44.2 Å². The highest BCUT2D eigenvalue weighted by Crippen LogP contribution is 2.29. The zero-order valence-corrected chi connectivity index (χ0v) is 15.2. The molecule has 2 fully saturated rings. The first kappa shape index (κ1) is 17.2. The Morgan fingerprint density at radius 2 is 1.69 bits per heavy atom. The van der Waals surface area contributed by atoms with Crippen LogP contribution in [0.3, 0.4) is 0 Å². The van der Waals surface area contributed by atoms with E-state index < -0.39 is 0 Å². The molecule has 0 spiro atoms. The molecule has 4 nitrogen and oxygen atoms in total. The highest BCUT2D eigenvalue weighted by atomic mass is 16.2. The molecule has 1 aromatic heterocycles. The maximum atomic E-state index is 12.7. The number of nitrogens with zero attached hydrogens (tertiary/aromatic N) is 2. The Bertz CT molecular complexity index is 673. The molecule has 1 saturated carbocycles. The molecule has 2 heterocycles. The fourth-order valence-corrected chi connectivity index (χ4v) is 4.35. The number of pyridine rings is 1. The molecular formula is C22H27N3O. The van der Waals surface area contributed by atoms with Gasteiger partial charge in [-0.1, -0.05) is 43.2 Å². The number of carbonyl (C=O) groups excluding carboxylic acids is 1. The monoisotopic (exact) mass is 349 g/mol. The summed E-state index contributed by atoms with van der Waals surface area (Å²) in [4.78, 5) is 18.9. The lowest BCUT2D eigenvalue weighted by Crippen LogP contribution is -2.39. The summed E-state index contributed by atoms with van der Waals surface area (Å²) in [7, 11) is 0. The molecule has 136 valence electrons. The molecule has 0 radical (unpaired) electrons. The molecule has 0 unspecified atom stereocenters. The predicted octanol–water partition coefficient (Wildman–Crippen LogP) is 3.55. The van der Waals surface area contributed by atoms with Crippen LogP contribution in [-0.2, 0) is 4.79 Å². The molecule has 1 saturated heterocycles. The number of carbonyl (C=O) groups is 1. The summed E-state index contributed by atoms with van der Waals surface area (Å²) in [6, 6.07) is 15.1. The number of nitrogens with one attached hydrogen (secondary N) is 1. The highest BCUT2D eigenvalue weighted by Gasteiger charge is 2.33. The van der Waals surface area contributed by atoms with Crippen LogP contribution in [0.5, 0.6) is 0 Å². The van der Waals surface area contributed by atoms with Gasteiger partial charge in [0.05, 0.1) is 6.04 Å². The molecular weight excluding hydrogens is 322 g/mol. The Morgan fingerprint density at radius 3 is 2.42 bits per heavy atom. The van der Waals surface area contributed by atoms with Gasteiger partial charge in [-0.25, -0.2) is 0 Å². The van der Waals surface area contributed by atoms with Crippen LogP contribution in [0.2, 0.25) is 0 Å². The molecule has 1 aliphatic carbocycles. The molecule has 4 rings (SSSR count). The van der Waals surface area contributed by atoms with Gasteiger partial charge in [0.25, 0.3) is 0 Å².